The van der Waals surface area contributed by atoms with Crippen molar-refractivity contribution in [2.75, 3.05) is 6.61 Å². The maximum absolute atomic E-state index is 11.5. The molecular formula is C12H11NO2S. The van der Waals surface area contributed by atoms with Crippen LogP contribution < -0.4 is 0 Å². The van der Waals surface area contributed by atoms with Gasteiger partial charge in [0.25, 0.3) is 0 Å². The van der Waals surface area contributed by atoms with Crippen molar-refractivity contribution in [3.8, 4) is 11.3 Å². The van der Waals surface area contributed by atoms with Gasteiger partial charge in [-0.05, 0) is 19.1 Å². The van der Waals surface area contributed by atoms with Crippen LogP contribution in [0.15, 0.2) is 35.2 Å². The van der Waals surface area contributed by atoms with Gasteiger partial charge in [0.1, 0.15) is 0 Å². The molecule has 0 aliphatic rings. The first kappa shape index (κ1) is 10.8. The Labute approximate surface area is 97.7 Å². The minimum Gasteiger partial charge on any atom is -0.462 e. The van der Waals surface area contributed by atoms with Crippen molar-refractivity contribution in [1.82, 2.24) is 4.98 Å². The van der Waals surface area contributed by atoms with Gasteiger partial charge in [-0.3, -0.25) is 0 Å². The van der Waals surface area contributed by atoms with E-state index >= 15 is 0 Å². The zero-order valence-electron chi connectivity index (χ0n) is 8.84. The predicted molar refractivity (Wildman–Crippen MR) is 63.5 cm³/mol. The zero-order valence-corrected chi connectivity index (χ0v) is 9.66. The number of benzene rings is 1. The number of thiazole rings is 1. The third-order valence-corrected chi connectivity index (χ3v) is 2.69. The van der Waals surface area contributed by atoms with Gasteiger partial charge in [0.15, 0.2) is 0 Å². The van der Waals surface area contributed by atoms with E-state index in [1.54, 1.807) is 24.6 Å². The van der Waals surface area contributed by atoms with E-state index in [9.17, 15) is 4.79 Å². The fraction of sp³-hybridized carbons (Fsp3) is 0.167. The number of esters is 1. The molecule has 0 fully saturated rings. The molecule has 3 nitrogen and oxygen atoms in total. The highest BCUT2D eigenvalue weighted by Crippen LogP contribution is 2.20. The van der Waals surface area contributed by atoms with Gasteiger partial charge in [0.2, 0.25) is 0 Å². The summed E-state index contributed by atoms with van der Waals surface area (Å²) in [6.07, 6.45) is 0. The van der Waals surface area contributed by atoms with Crippen LogP contribution in [0.4, 0.5) is 0 Å². The third kappa shape index (κ3) is 2.28. The number of rotatable bonds is 3. The van der Waals surface area contributed by atoms with E-state index in [-0.39, 0.29) is 5.97 Å². The molecule has 0 N–H and O–H groups in total. The average Bonchev–Trinajstić information content (AvgIpc) is 2.83. The molecule has 16 heavy (non-hydrogen) atoms. The van der Waals surface area contributed by atoms with Crippen molar-refractivity contribution in [2.24, 2.45) is 0 Å². The molecule has 0 amide bonds. The van der Waals surface area contributed by atoms with Crippen molar-refractivity contribution in [2.45, 2.75) is 6.92 Å². The van der Waals surface area contributed by atoms with Gasteiger partial charge >= 0.3 is 5.97 Å². The van der Waals surface area contributed by atoms with Crippen LogP contribution in [0.1, 0.15) is 17.3 Å². The molecule has 2 rings (SSSR count). The average molecular weight is 233 g/mol. The number of nitrogens with zero attached hydrogens (tertiary/aromatic N) is 1. The molecule has 0 saturated heterocycles. The molecule has 4 heteroatoms. The summed E-state index contributed by atoms with van der Waals surface area (Å²) in [7, 11) is 0. The fourth-order valence-corrected chi connectivity index (χ4v) is 1.94. The minimum atomic E-state index is -0.292. The first-order valence-electron chi connectivity index (χ1n) is 4.97. The molecule has 1 aromatic carbocycles. The van der Waals surface area contributed by atoms with Gasteiger partial charge in [-0.15, -0.1) is 11.3 Å². The van der Waals surface area contributed by atoms with E-state index in [4.69, 9.17) is 4.74 Å². The Morgan fingerprint density at radius 3 is 3.06 bits per heavy atom. The summed E-state index contributed by atoms with van der Waals surface area (Å²) in [6.45, 7) is 2.18. The maximum atomic E-state index is 11.5. The van der Waals surface area contributed by atoms with E-state index in [2.05, 4.69) is 4.98 Å². The fourth-order valence-electron chi connectivity index (χ4n) is 1.38. The van der Waals surface area contributed by atoms with E-state index in [0.29, 0.717) is 12.2 Å². The molecule has 0 unspecified atom stereocenters. The smallest absolute Gasteiger partial charge is 0.338 e. The van der Waals surface area contributed by atoms with Crippen LogP contribution in [0.25, 0.3) is 11.3 Å². The Kier molecular flexibility index (Phi) is 3.31. The van der Waals surface area contributed by atoms with E-state index in [1.807, 2.05) is 17.5 Å². The lowest BCUT2D eigenvalue weighted by Crippen LogP contribution is -2.04. The molecule has 0 atom stereocenters. The first-order valence-corrected chi connectivity index (χ1v) is 5.91. The summed E-state index contributed by atoms with van der Waals surface area (Å²) in [6, 6.07) is 7.31. The second-order valence-corrected chi connectivity index (χ2v) is 3.89. The molecule has 2 aromatic rings. The maximum Gasteiger partial charge on any atom is 0.338 e. The molecule has 82 valence electrons. The zero-order chi connectivity index (χ0) is 11.4. The Morgan fingerprint density at radius 2 is 2.38 bits per heavy atom. The van der Waals surface area contributed by atoms with Gasteiger partial charge in [0.05, 0.1) is 23.4 Å². The highest BCUT2D eigenvalue weighted by molar-refractivity contribution is 7.07. The lowest BCUT2D eigenvalue weighted by molar-refractivity contribution is 0.0526. The molecule has 0 spiro atoms. The van der Waals surface area contributed by atoms with E-state index in [1.165, 1.54) is 11.3 Å². The van der Waals surface area contributed by atoms with Crippen molar-refractivity contribution in [3.05, 3.63) is 40.7 Å². The van der Waals surface area contributed by atoms with Gasteiger partial charge in [-0.2, -0.15) is 0 Å². The second kappa shape index (κ2) is 4.90. The van der Waals surface area contributed by atoms with Crippen LogP contribution >= 0.6 is 11.3 Å². The predicted octanol–water partition coefficient (Wildman–Crippen LogP) is 2.99. The molecular weight excluding hydrogens is 222 g/mol. The lowest BCUT2D eigenvalue weighted by Gasteiger charge is -2.03. The molecule has 1 heterocycles. The number of carbonyl (C=O) groups excluding carboxylic acids is 1. The van der Waals surface area contributed by atoms with Crippen molar-refractivity contribution < 1.29 is 9.53 Å². The van der Waals surface area contributed by atoms with Crippen LogP contribution in [0.5, 0.6) is 0 Å². The Bertz CT molecular complexity index is 480. The lowest BCUT2D eigenvalue weighted by atomic mass is 10.1. The minimum absolute atomic E-state index is 0.292. The first-order chi connectivity index (χ1) is 7.81. The number of hydrogen-bond donors (Lipinski definition) is 0. The van der Waals surface area contributed by atoms with Crippen molar-refractivity contribution >= 4 is 17.3 Å². The Morgan fingerprint density at radius 1 is 1.50 bits per heavy atom. The molecule has 0 aliphatic heterocycles. The number of hydrogen-bond acceptors (Lipinski definition) is 4. The summed E-state index contributed by atoms with van der Waals surface area (Å²) in [5, 5.41) is 1.95. The Balaban J connectivity index is 2.30. The van der Waals surface area contributed by atoms with Crippen LogP contribution in [-0.2, 0) is 4.74 Å². The summed E-state index contributed by atoms with van der Waals surface area (Å²) < 4.78 is 4.94. The van der Waals surface area contributed by atoms with Crippen molar-refractivity contribution in [3.63, 3.8) is 0 Å². The van der Waals surface area contributed by atoms with Crippen LogP contribution in [0.2, 0.25) is 0 Å². The van der Waals surface area contributed by atoms with E-state index < -0.39 is 0 Å². The van der Waals surface area contributed by atoms with Gasteiger partial charge in [-0.25, -0.2) is 9.78 Å². The monoisotopic (exact) mass is 233 g/mol. The highest BCUT2D eigenvalue weighted by Gasteiger charge is 2.08. The molecule has 0 aliphatic carbocycles. The summed E-state index contributed by atoms with van der Waals surface area (Å²) in [5.41, 5.74) is 4.15. The summed E-state index contributed by atoms with van der Waals surface area (Å²) in [4.78, 5) is 15.7. The molecule has 0 bridgehead atoms. The standard InChI is InChI=1S/C12H11NO2S/c1-2-15-12(14)10-5-3-4-9(6-10)11-7-16-8-13-11/h3-8H,2H2,1H3. The summed E-state index contributed by atoms with van der Waals surface area (Å²) in [5.74, 6) is -0.292. The van der Waals surface area contributed by atoms with Crippen molar-refractivity contribution in [1.29, 1.82) is 0 Å². The molecule has 0 saturated carbocycles. The van der Waals surface area contributed by atoms with Crippen LogP contribution in [-0.4, -0.2) is 17.6 Å². The highest BCUT2D eigenvalue weighted by atomic mass is 32.1. The SMILES string of the molecule is CCOC(=O)c1cccc(-c2cscn2)c1. The largest absolute Gasteiger partial charge is 0.462 e. The second-order valence-electron chi connectivity index (χ2n) is 3.17. The number of carbonyl (C=O) groups is 1. The number of aromatic nitrogens is 1. The van der Waals surface area contributed by atoms with Gasteiger partial charge in [-0.1, -0.05) is 12.1 Å². The third-order valence-electron chi connectivity index (χ3n) is 2.10. The normalized spacial score (nSPS) is 10.1. The molecule has 1 aromatic heterocycles. The van der Waals surface area contributed by atoms with Gasteiger partial charge in [0, 0.05) is 10.9 Å². The summed E-state index contributed by atoms with van der Waals surface area (Å²) >= 11 is 1.53. The topological polar surface area (TPSA) is 39.2 Å². The van der Waals surface area contributed by atoms with Crippen LogP contribution in [0, 0.1) is 0 Å². The molecule has 0 radical (unpaired) electrons. The Hall–Kier alpha value is -1.68. The van der Waals surface area contributed by atoms with Crippen LogP contribution in [0.3, 0.4) is 0 Å². The van der Waals surface area contributed by atoms with Gasteiger partial charge < -0.3 is 4.74 Å². The quantitative estimate of drug-likeness (QED) is 0.765. The number of ether oxygens (including phenoxy) is 1. The van der Waals surface area contributed by atoms with E-state index in [0.717, 1.165) is 11.3 Å².